The van der Waals surface area contributed by atoms with E-state index in [2.05, 4.69) is 28.6 Å². The Morgan fingerprint density at radius 3 is 1.61 bits per heavy atom. The van der Waals surface area contributed by atoms with Crippen molar-refractivity contribution < 1.29 is 4.74 Å². The molecule has 0 aliphatic heterocycles. The number of methoxy groups -OCH3 is 1. The summed E-state index contributed by atoms with van der Waals surface area (Å²) in [6.07, 6.45) is 18.2. The first-order chi connectivity index (χ1) is 16.1. The molecule has 1 aromatic carbocycles. The second-order valence-corrected chi connectivity index (χ2v) is 15.8. The molecular formula is C29H37NOP2. The average molecular weight is 478 g/mol. The number of ether oxygens (including phenoxy) is 1. The molecule has 33 heavy (non-hydrogen) atoms. The van der Waals surface area contributed by atoms with Crippen LogP contribution in [0.25, 0.3) is 5.69 Å². The van der Waals surface area contributed by atoms with Gasteiger partial charge in [0.2, 0.25) is 0 Å². The molecule has 2 aromatic rings. The lowest BCUT2D eigenvalue weighted by Crippen LogP contribution is -2.49. The van der Waals surface area contributed by atoms with E-state index in [4.69, 9.17) is 4.74 Å². The van der Waals surface area contributed by atoms with Crippen LogP contribution in [0.1, 0.15) is 87.5 Å². The predicted octanol–water partition coefficient (Wildman–Crippen LogP) is 8.58. The smallest absolute Gasteiger partial charge is 0.119 e. The summed E-state index contributed by atoms with van der Waals surface area (Å²) >= 11 is 0. The molecule has 0 N–H and O–H groups in total. The molecule has 8 aliphatic carbocycles. The molecule has 8 fully saturated rings. The molecular weight excluding hydrogens is 440 g/mol. The van der Waals surface area contributed by atoms with Gasteiger partial charge in [-0.2, -0.15) is 0 Å². The Morgan fingerprint density at radius 1 is 0.697 bits per heavy atom. The van der Waals surface area contributed by atoms with Gasteiger partial charge in [0.05, 0.1) is 12.5 Å². The second kappa shape index (κ2) is 7.11. The summed E-state index contributed by atoms with van der Waals surface area (Å²) in [5.41, 5.74) is 4.29. The quantitative estimate of drug-likeness (QED) is 0.430. The number of hydrogen-bond donors (Lipinski definition) is 0. The summed E-state index contributed by atoms with van der Waals surface area (Å²) < 4.78 is 8.32. The number of aromatic nitrogens is 1. The maximum Gasteiger partial charge on any atom is 0.119 e. The Morgan fingerprint density at radius 2 is 1.15 bits per heavy atom. The fraction of sp³-hybridized carbons (Fsp3) is 0.724. The van der Waals surface area contributed by atoms with E-state index in [1.807, 2.05) is 10.5 Å². The highest BCUT2D eigenvalue weighted by molar-refractivity contribution is 7.47. The van der Waals surface area contributed by atoms with E-state index in [0.29, 0.717) is 10.8 Å². The summed E-state index contributed by atoms with van der Waals surface area (Å²) in [5.74, 6) is 7.12. The summed E-state index contributed by atoms with van der Waals surface area (Å²) in [5, 5.41) is 1.91. The molecule has 0 saturated heterocycles. The van der Waals surface area contributed by atoms with E-state index in [-0.39, 0.29) is 0 Å². The molecule has 0 spiro atoms. The van der Waals surface area contributed by atoms with Gasteiger partial charge in [-0.15, -0.1) is 0 Å². The van der Waals surface area contributed by atoms with Crippen LogP contribution in [0.15, 0.2) is 24.3 Å². The molecule has 8 saturated carbocycles. The minimum Gasteiger partial charge on any atom is -0.497 e. The third-order valence-corrected chi connectivity index (χ3v) is 14.5. The minimum absolute atomic E-state index is 0.493. The third kappa shape index (κ3) is 3.05. The number of benzene rings is 1. The molecule has 174 valence electrons. The number of rotatable bonds is 4. The van der Waals surface area contributed by atoms with Crippen molar-refractivity contribution in [1.82, 2.24) is 4.33 Å². The van der Waals surface area contributed by atoms with Crippen LogP contribution in [-0.4, -0.2) is 11.4 Å². The molecule has 8 aliphatic rings. The van der Waals surface area contributed by atoms with Gasteiger partial charge in [0.1, 0.15) is 5.75 Å². The molecule has 0 atom stereocenters. The summed E-state index contributed by atoms with van der Waals surface area (Å²) in [7, 11) is 4.97. The zero-order valence-corrected chi connectivity index (χ0v) is 21.8. The van der Waals surface area contributed by atoms with Crippen LogP contribution >= 0.6 is 16.5 Å². The minimum atomic E-state index is 0.493. The fourth-order valence-corrected chi connectivity index (χ4v) is 14.2. The van der Waals surface area contributed by atoms with Gasteiger partial charge in [-0.1, -0.05) is 0 Å². The van der Waals surface area contributed by atoms with Gasteiger partial charge >= 0.3 is 0 Å². The van der Waals surface area contributed by atoms with Crippen LogP contribution in [0.5, 0.6) is 5.75 Å². The van der Waals surface area contributed by atoms with E-state index in [1.165, 1.54) is 71.8 Å². The van der Waals surface area contributed by atoms with Crippen LogP contribution in [0, 0.1) is 35.5 Å². The topological polar surface area (TPSA) is 14.2 Å². The van der Waals surface area contributed by atoms with Gasteiger partial charge in [-0.05, 0) is 145 Å². The lowest BCUT2D eigenvalue weighted by atomic mass is 9.50. The molecule has 4 heteroatoms. The number of nitrogens with zero attached hydrogens (tertiary/aromatic N) is 1. The molecule has 10 rings (SSSR count). The maximum absolute atomic E-state index is 5.51. The first-order valence-corrected chi connectivity index (χ1v) is 15.5. The Kier molecular flexibility index (Phi) is 4.38. The molecule has 0 radical (unpaired) electrons. The van der Waals surface area contributed by atoms with Gasteiger partial charge in [0, 0.05) is 29.9 Å². The highest BCUT2D eigenvalue weighted by Crippen LogP contribution is 2.67. The Balaban J connectivity index is 1.27. The largest absolute Gasteiger partial charge is 0.497 e. The van der Waals surface area contributed by atoms with E-state index >= 15 is 0 Å². The molecule has 0 amide bonds. The second-order valence-electron chi connectivity index (χ2n) is 13.3. The normalized spacial score (nSPS) is 45.0. The lowest BCUT2D eigenvalue weighted by Gasteiger charge is -2.57. The van der Waals surface area contributed by atoms with Crippen LogP contribution in [-0.2, 0) is 10.8 Å². The summed E-state index contributed by atoms with van der Waals surface area (Å²) in [4.78, 5) is 0. The Labute approximate surface area is 202 Å². The standard InChI is InChI=1S/C29H37NOP2/c1-31-25-4-2-24(3-5-25)30-26(28-12-18-6-19(13-28)8-20(7-18)14-28)32-27(33-30)29-15-21-9-22(16-29)11-23(10-21)17-29/h2-5,18-23H,6-17H2,1H3. The zero-order valence-electron chi connectivity index (χ0n) is 20.0. The van der Waals surface area contributed by atoms with Crippen molar-refractivity contribution >= 4 is 16.5 Å². The summed E-state index contributed by atoms with van der Waals surface area (Å²) in [6.45, 7) is 0. The SMILES string of the molecule is COc1ccc(-n2pc(C34CC5CC(CC(C5)C3)C4)pc2C23CC4CC(CC(C4)C2)C3)cc1. The third-order valence-electron chi connectivity index (χ3n) is 10.9. The van der Waals surface area contributed by atoms with Crippen LogP contribution < -0.4 is 4.74 Å². The van der Waals surface area contributed by atoms with Crippen molar-refractivity contribution in [2.45, 2.75) is 87.9 Å². The van der Waals surface area contributed by atoms with E-state index in [1.54, 1.807) is 34.6 Å². The van der Waals surface area contributed by atoms with E-state index in [9.17, 15) is 0 Å². The lowest BCUT2D eigenvalue weighted by molar-refractivity contribution is -0.00587. The van der Waals surface area contributed by atoms with Gasteiger partial charge in [0.25, 0.3) is 0 Å². The summed E-state index contributed by atoms with van der Waals surface area (Å²) in [6, 6.07) is 9.04. The van der Waals surface area contributed by atoms with E-state index in [0.717, 1.165) is 41.3 Å². The molecule has 2 nitrogen and oxygen atoms in total. The molecule has 1 heterocycles. The zero-order chi connectivity index (χ0) is 21.8. The van der Waals surface area contributed by atoms with Crippen molar-refractivity contribution in [3.05, 3.63) is 34.7 Å². The fourth-order valence-electron chi connectivity index (χ4n) is 10.6. The van der Waals surface area contributed by atoms with Gasteiger partial charge in [0.15, 0.2) is 0 Å². The highest BCUT2D eigenvalue weighted by Gasteiger charge is 2.56. The Bertz CT molecular complexity index is 1010. The van der Waals surface area contributed by atoms with Gasteiger partial charge in [-0.25, -0.2) is 0 Å². The monoisotopic (exact) mass is 477 g/mol. The van der Waals surface area contributed by atoms with Crippen LogP contribution in [0.2, 0.25) is 0 Å². The van der Waals surface area contributed by atoms with Gasteiger partial charge in [-0.3, -0.25) is 4.33 Å². The van der Waals surface area contributed by atoms with Gasteiger partial charge < -0.3 is 4.74 Å². The molecule has 8 bridgehead atoms. The van der Waals surface area contributed by atoms with Crippen molar-refractivity contribution in [3.8, 4) is 11.4 Å². The maximum atomic E-state index is 5.51. The molecule has 0 unspecified atom stereocenters. The van der Waals surface area contributed by atoms with Crippen molar-refractivity contribution in [1.29, 1.82) is 0 Å². The van der Waals surface area contributed by atoms with Crippen LogP contribution in [0.3, 0.4) is 0 Å². The first-order valence-electron chi connectivity index (χ1n) is 13.7. The molecule has 1 aromatic heterocycles. The van der Waals surface area contributed by atoms with Crippen molar-refractivity contribution in [2.75, 3.05) is 7.11 Å². The van der Waals surface area contributed by atoms with Crippen molar-refractivity contribution in [3.63, 3.8) is 0 Å². The first kappa shape index (κ1) is 20.4. The predicted molar refractivity (Wildman–Crippen MR) is 137 cm³/mol. The average Bonchev–Trinajstić information content (AvgIpc) is 3.25. The highest BCUT2D eigenvalue weighted by atomic mass is 31.1. The van der Waals surface area contributed by atoms with Crippen LogP contribution in [0.4, 0.5) is 0 Å². The number of hydrogen-bond acceptors (Lipinski definition) is 1. The Hall–Kier alpha value is -0.840. The van der Waals surface area contributed by atoms with Crippen molar-refractivity contribution in [2.24, 2.45) is 35.5 Å². The van der Waals surface area contributed by atoms with E-state index < -0.39 is 0 Å².